The molecule has 0 saturated carbocycles. The van der Waals surface area contributed by atoms with Crippen LogP contribution in [0.25, 0.3) is 0 Å². The Morgan fingerprint density at radius 1 is 1.47 bits per heavy atom. The van der Waals surface area contributed by atoms with Crippen LogP contribution in [0.3, 0.4) is 0 Å². The molecule has 0 amide bonds. The second-order valence-corrected chi connectivity index (χ2v) is 3.43. The van der Waals surface area contributed by atoms with E-state index in [0.717, 1.165) is 0 Å². The highest BCUT2D eigenvalue weighted by Crippen LogP contribution is 2.19. The van der Waals surface area contributed by atoms with Crippen molar-refractivity contribution >= 4 is 17.6 Å². The third-order valence-corrected chi connectivity index (χ3v) is 1.67. The van der Waals surface area contributed by atoms with E-state index in [-0.39, 0.29) is 22.7 Å². The number of ether oxygens (including phenoxy) is 2. The molecule has 6 heteroatoms. The van der Waals surface area contributed by atoms with Gasteiger partial charge in [-0.25, -0.2) is 4.79 Å². The van der Waals surface area contributed by atoms with E-state index in [9.17, 15) is 4.79 Å². The number of nitrogens with zero attached hydrogens (tertiary/aromatic N) is 2. The van der Waals surface area contributed by atoms with Crippen molar-refractivity contribution in [2.75, 3.05) is 7.11 Å². The number of hydrogen-bond donors (Lipinski definition) is 0. The Morgan fingerprint density at radius 3 is 2.67 bits per heavy atom. The van der Waals surface area contributed by atoms with Crippen LogP contribution in [0.15, 0.2) is 6.07 Å². The van der Waals surface area contributed by atoms with Gasteiger partial charge < -0.3 is 9.47 Å². The molecule has 5 nitrogen and oxygen atoms in total. The molecule has 82 valence electrons. The summed E-state index contributed by atoms with van der Waals surface area (Å²) < 4.78 is 9.86. The van der Waals surface area contributed by atoms with Gasteiger partial charge in [0.1, 0.15) is 5.56 Å². The highest BCUT2D eigenvalue weighted by Gasteiger charge is 2.17. The zero-order valence-electron chi connectivity index (χ0n) is 8.65. The third-order valence-electron chi connectivity index (χ3n) is 1.48. The van der Waals surface area contributed by atoms with E-state index in [1.54, 1.807) is 0 Å². The normalized spacial score (nSPS) is 10.2. The van der Waals surface area contributed by atoms with Crippen LogP contribution in [0.4, 0.5) is 0 Å². The molecule has 0 aliphatic heterocycles. The molecule has 0 aromatic carbocycles. The zero-order chi connectivity index (χ0) is 11.4. The third kappa shape index (κ3) is 3.06. The summed E-state index contributed by atoms with van der Waals surface area (Å²) in [5.41, 5.74) is 0.172. The molecule has 0 fully saturated rings. The largest absolute Gasteiger partial charge is 0.473 e. The molecule has 0 saturated heterocycles. The van der Waals surface area contributed by atoms with Crippen molar-refractivity contribution in [1.82, 2.24) is 10.2 Å². The van der Waals surface area contributed by atoms with Crippen molar-refractivity contribution in [3.8, 4) is 5.88 Å². The van der Waals surface area contributed by atoms with Crippen molar-refractivity contribution in [3.05, 3.63) is 16.8 Å². The van der Waals surface area contributed by atoms with E-state index in [1.165, 1.54) is 13.2 Å². The maximum absolute atomic E-state index is 11.3. The van der Waals surface area contributed by atoms with Crippen molar-refractivity contribution in [2.24, 2.45) is 0 Å². The number of carbonyl (C=O) groups is 1. The first-order valence-electron chi connectivity index (χ1n) is 4.32. The average Bonchev–Trinajstić information content (AvgIpc) is 2.19. The number of carbonyl (C=O) groups excluding carboxylic acids is 1. The quantitative estimate of drug-likeness (QED) is 0.740. The van der Waals surface area contributed by atoms with Gasteiger partial charge in [0, 0.05) is 0 Å². The molecule has 0 radical (unpaired) electrons. The van der Waals surface area contributed by atoms with Gasteiger partial charge in [0.15, 0.2) is 5.15 Å². The molecule has 1 aromatic rings. The lowest BCUT2D eigenvalue weighted by molar-refractivity contribution is 0.0592. The minimum Gasteiger partial charge on any atom is -0.473 e. The van der Waals surface area contributed by atoms with E-state index in [1.807, 2.05) is 13.8 Å². The van der Waals surface area contributed by atoms with Gasteiger partial charge >= 0.3 is 5.97 Å². The summed E-state index contributed by atoms with van der Waals surface area (Å²) in [5.74, 6) is -0.427. The molecule has 1 rings (SSSR count). The number of hydrogen-bond acceptors (Lipinski definition) is 5. The Labute approximate surface area is 92.4 Å². The first-order chi connectivity index (χ1) is 7.04. The second-order valence-electron chi connectivity index (χ2n) is 3.04. The van der Waals surface area contributed by atoms with E-state index in [0.29, 0.717) is 0 Å². The Morgan fingerprint density at radius 2 is 2.13 bits per heavy atom. The van der Waals surface area contributed by atoms with Crippen LogP contribution in [-0.2, 0) is 4.74 Å². The van der Waals surface area contributed by atoms with E-state index >= 15 is 0 Å². The highest BCUT2D eigenvalue weighted by molar-refractivity contribution is 6.29. The van der Waals surface area contributed by atoms with Crippen LogP contribution in [0.1, 0.15) is 24.2 Å². The second kappa shape index (κ2) is 4.93. The molecule has 0 aliphatic rings. The fraction of sp³-hybridized carbons (Fsp3) is 0.444. The van der Waals surface area contributed by atoms with Gasteiger partial charge in [0.05, 0.1) is 13.2 Å². The van der Waals surface area contributed by atoms with Gasteiger partial charge in [-0.2, -0.15) is 0 Å². The summed E-state index contributed by atoms with van der Waals surface area (Å²) in [5, 5.41) is 7.39. The van der Waals surface area contributed by atoms with Crippen molar-refractivity contribution < 1.29 is 14.3 Å². The molecule has 0 atom stereocenters. The lowest BCUT2D eigenvalue weighted by Crippen LogP contribution is -2.13. The smallest absolute Gasteiger partial charge is 0.343 e. The molecule has 0 aliphatic carbocycles. The van der Waals surface area contributed by atoms with Gasteiger partial charge in [-0.15, -0.1) is 10.2 Å². The Kier molecular flexibility index (Phi) is 3.85. The maximum atomic E-state index is 11.3. The van der Waals surface area contributed by atoms with Crippen LogP contribution < -0.4 is 4.74 Å². The van der Waals surface area contributed by atoms with Gasteiger partial charge in [-0.05, 0) is 19.9 Å². The highest BCUT2D eigenvalue weighted by atomic mass is 35.5. The van der Waals surface area contributed by atoms with E-state index < -0.39 is 5.97 Å². The summed E-state index contributed by atoms with van der Waals surface area (Å²) in [6, 6.07) is 1.36. The molecule has 0 bridgehead atoms. The number of esters is 1. The fourth-order valence-electron chi connectivity index (χ4n) is 0.923. The number of rotatable bonds is 3. The molecule has 1 heterocycles. The Hall–Kier alpha value is -1.36. The molecular formula is C9H11ClN2O3. The fourth-order valence-corrected chi connectivity index (χ4v) is 1.07. The van der Waals surface area contributed by atoms with Crippen LogP contribution in [0.5, 0.6) is 5.88 Å². The molecular weight excluding hydrogens is 220 g/mol. The summed E-state index contributed by atoms with van der Waals surface area (Å²) in [4.78, 5) is 11.3. The standard InChI is InChI=1S/C9H11ClN2O3/c1-5(2)15-8-6(9(13)14-3)4-7(10)11-12-8/h4-5H,1-3H3. The minimum atomic E-state index is -0.553. The lowest BCUT2D eigenvalue weighted by atomic mass is 10.3. The predicted octanol–water partition coefficient (Wildman–Crippen LogP) is 1.70. The molecule has 0 unspecified atom stereocenters. The average molecular weight is 231 g/mol. The molecule has 0 spiro atoms. The van der Waals surface area contributed by atoms with Crippen molar-refractivity contribution in [1.29, 1.82) is 0 Å². The lowest BCUT2D eigenvalue weighted by Gasteiger charge is -2.10. The van der Waals surface area contributed by atoms with Crippen molar-refractivity contribution in [3.63, 3.8) is 0 Å². The van der Waals surface area contributed by atoms with Gasteiger partial charge in [-0.3, -0.25) is 0 Å². The minimum absolute atomic E-state index is 0.108. The predicted molar refractivity (Wildman–Crippen MR) is 54.1 cm³/mol. The van der Waals surface area contributed by atoms with Crippen molar-refractivity contribution in [2.45, 2.75) is 20.0 Å². The summed E-state index contributed by atoms with van der Waals surface area (Å²) in [6.07, 6.45) is -0.108. The summed E-state index contributed by atoms with van der Waals surface area (Å²) in [6.45, 7) is 3.63. The van der Waals surface area contributed by atoms with Crippen LogP contribution in [0.2, 0.25) is 5.15 Å². The first-order valence-corrected chi connectivity index (χ1v) is 4.70. The number of aromatic nitrogens is 2. The molecule has 1 aromatic heterocycles. The van der Waals surface area contributed by atoms with Gasteiger partial charge in [0.2, 0.25) is 5.88 Å². The monoisotopic (exact) mass is 230 g/mol. The van der Waals surface area contributed by atoms with Gasteiger partial charge in [-0.1, -0.05) is 11.6 Å². The van der Waals surface area contributed by atoms with Crippen LogP contribution in [0, 0.1) is 0 Å². The topological polar surface area (TPSA) is 61.3 Å². The van der Waals surface area contributed by atoms with Gasteiger partial charge in [0.25, 0.3) is 0 Å². The number of halogens is 1. The summed E-state index contributed by atoms with van der Waals surface area (Å²) >= 11 is 5.62. The molecule has 15 heavy (non-hydrogen) atoms. The van der Waals surface area contributed by atoms with E-state index in [4.69, 9.17) is 16.3 Å². The van der Waals surface area contributed by atoms with Crippen LogP contribution >= 0.6 is 11.6 Å². The Bertz CT molecular complexity index is 368. The summed E-state index contributed by atoms with van der Waals surface area (Å²) in [7, 11) is 1.27. The first kappa shape index (κ1) is 11.7. The van der Waals surface area contributed by atoms with E-state index in [2.05, 4.69) is 14.9 Å². The molecule has 0 N–H and O–H groups in total. The Balaban J connectivity index is 3.08. The SMILES string of the molecule is COC(=O)c1cc(Cl)nnc1OC(C)C. The zero-order valence-corrected chi connectivity index (χ0v) is 9.41. The number of methoxy groups -OCH3 is 1. The maximum Gasteiger partial charge on any atom is 0.343 e. The van der Waals surface area contributed by atoms with Crippen LogP contribution in [-0.4, -0.2) is 29.4 Å².